The highest BCUT2D eigenvalue weighted by atomic mass is 35.5. The van der Waals surface area contributed by atoms with Crippen molar-refractivity contribution in [2.24, 2.45) is 5.92 Å². The van der Waals surface area contributed by atoms with Crippen LogP contribution in [0.25, 0.3) is 5.57 Å². The first kappa shape index (κ1) is 13.2. The molecule has 18 heavy (non-hydrogen) atoms. The Hall–Kier alpha value is -1.26. The lowest BCUT2D eigenvalue weighted by atomic mass is 9.89. The van der Waals surface area contributed by atoms with Gasteiger partial charge in [0, 0.05) is 0 Å². The van der Waals surface area contributed by atoms with E-state index in [1.165, 1.54) is 6.08 Å². The largest absolute Gasteiger partial charge is 0.399 e. The van der Waals surface area contributed by atoms with E-state index >= 15 is 0 Å². The van der Waals surface area contributed by atoms with Crippen LogP contribution in [0.2, 0.25) is 0 Å². The van der Waals surface area contributed by atoms with Crippen LogP contribution in [-0.4, -0.2) is 16.3 Å². The van der Waals surface area contributed by atoms with Crippen LogP contribution in [0.5, 0.6) is 0 Å². The van der Waals surface area contributed by atoms with Crippen molar-refractivity contribution in [3.8, 4) is 0 Å². The summed E-state index contributed by atoms with van der Waals surface area (Å²) in [6.45, 7) is 0. The molecule has 2 rings (SSSR count). The topological polar surface area (TPSA) is 20.2 Å². The molecule has 1 nitrogen and oxygen atoms in total. The Bertz CT molecular complexity index is 489. The van der Waals surface area contributed by atoms with Gasteiger partial charge < -0.3 is 5.11 Å². The lowest BCUT2D eigenvalue weighted by molar-refractivity contribution is -0.185. The van der Waals surface area contributed by atoms with E-state index in [-0.39, 0.29) is 0 Å². The molecule has 0 amide bonds. The molecule has 1 aliphatic rings. The van der Waals surface area contributed by atoms with Gasteiger partial charge in [-0.25, -0.2) is 0 Å². The van der Waals surface area contributed by atoms with Crippen LogP contribution in [-0.2, 0) is 0 Å². The molecule has 0 heterocycles. The average molecular weight is 275 g/mol. The number of allylic oxidation sites excluding steroid dienone is 2. The van der Waals surface area contributed by atoms with E-state index < -0.39 is 17.2 Å². The Morgan fingerprint density at radius 1 is 1.17 bits per heavy atom. The van der Waals surface area contributed by atoms with E-state index in [0.29, 0.717) is 11.1 Å². The third-order valence-corrected chi connectivity index (χ3v) is 3.10. The minimum Gasteiger partial charge on any atom is -0.370 e. The summed E-state index contributed by atoms with van der Waals surface area (Å²) in [4.78, 5) is 0. The fourth-order valence-corrected chi connectivity index (χ4v) is 2.06. The van der Waals surface area contributed by atoms with E-state index in [1.807, 2.05) is 0 Å². The number of rotatable bonds is 1. The summed E-state index contributed by atoms with van der Waals surface area (Å²) in [5, 5.41) is 7.13. The Morgan fingerprint density at radius 3 is 2.33 bits per heavy atom. The van der Waals surface area contributed by atoms with Crippen molar-refractivity contribution < 1.29 is 18.3 Å². The molecule has 0 saturated carbocycles. The van der Waals surface area contributed by atoms with Gasteiger partial charge in [0.25, 0.3) is 0 Å². The highest BCUT2D eigenvalue weighted by Crippen LogP contribution is 2.43. The van der Waals surface area contributed by atoms with Gasteiger partial charge in [0.15, 0.2) is 5.06 Å². The zero-order chi connectivity index (χ0) is 13.4. The molecule has 0 fully saturated rings. The van der Waals surface area contributed by atoms with Gasteiger partial charge >= 0.3 is 6.18 Å². The summed E-state index contributed by atoms with van der Waals surface area (Å²) >= 11 is 5.48. The van der Waals surface area contributed by atoms with Crippen LogP contribution in [0, 0.1) is 5.92 Å². The number of halogens is 4. The van der Waals surface area contributed by atoms with Crippen molar-refractivity contribution >= 4 is 17.2 Å². The second-order valence-corrected chi connectivity index (χ2v) is 4.67. The maximum atomic E-state index is 12.8. The minimum absolute atomic E-state index is 0.392. The molecule has 0 spiro atoms. The smallest absolute Gasteiger partial charge is 0.370 e. The van der Waals surface area contributed by atoms with Gasteiger partial charge in [0.05, 0.1) is 0 Å². The quantitative estimate of drug-likeness (QED) is 0.774. The minimum atomic E-state index is -4.60. The normalized spacial score (nSPS) is 28.1. The third kappa shape index (κ3) is 2.60. The van der Waals surface area contributed by atoms with E-state index in [2.05, 4.69) is 0 Å². The predicted octanol–water partition coefficient (Wildman–Crippen LogP) is 3.75. The second kappa shape index (κ2) is 4.44. The molecule has 1 aromatic carbocycles. The Morgan fingerprint density at radius 2 is 1.78 bits per heavy atom. The van der Waals surface area contributed by atoms with Gasteiger partial charge in [-0.3, -0.25) is 0 Å². The molecular weight excluding hydrogens is 265 g/mol. The zero-order valence-electron chi connectivity index (χ0n) is 9.16. The van der Waals surface area contributed by atoms with Crippen LogP contribution in [0.1, 0.15) is 5.56 Å². The summed E-state index contributed by atoms with van der Waals surface area (Å²) in [6.07, 6.45) is -1.29. The molecule has 5 heteroatoms. The summed E-state index contributed by atoms with van der Waals surface area (Å²) in [5.74, 6) is -2.12. The van der Waals surface area contributed by atoms with E-state index in [9.17, 15) is 18.3 Å². The lowest BCUT2D eigenvalue weighted by Gasteiger charge is -2.30. The zero-order valence-corrected chi connectivity index (χ0v) is 9.91. The van der Waals surface area contributed by atoms with Gasteiger partial charge in [-0.15, -0.1) is 0 Å². The fourth-order valence-electron chi connectivity index (χ4n) is 1.81. The lowest BCUT2D eigenvalue weighted by Crippen LogP contribution is -2.40. The van der Waals surface area contributed by atoms with E-state index in [1.54, 1.807) is 30.3 Å². The summed E-state index contributed by atoms with van der Waals surface area (Å²) in [5.41, 5.74) is 1.04. The summed E-state index contributed by atoms with van der Waals surface area (Å²) in [6, 6.07) is 8.63. The van der Waals surface area contributed by atoms with E-state index in [4.69, 9.17) is 11.6 Å². The van der Waals surface area contributed by atoms with Crippen molar-refractivity contribution in [3.63, 3.8) is 0 Å². The van der Waals surface area contributed by atoms with Crippen molar-refractivity contribution in [2.45, 2.75) is 11.2 Å². The van der Waals surface area contributed by atoms with Gasteiger partial charge in [0.1, 0.15) is 5.92 Å². The number of hydrogen-bond donors (Lipinski definition) is 1. The van der Waals surface area contributed by atoms with Gasteiger partial charge in [-0.2, -0.15) is 13.2 Å². The predicted molar refractivity (Wildman–Crippen MR) is 63.9 cm³/mol. The summed E-state index contributed by atoms with van der Waals surface area (Å²) in [7, 11) is 0. The number of hydrogen-bond acceptors (Lipinski definition) is 1. The average Bonchev–Trinajstić information content (AvgIpc) is 2.28. The maximum Gasteiger partial charge on any atom is 0.399 e. The third-order valence-electron chi connectivity index (χ3n) is 2.74. The molecule has 1 aromatic rings. The van der Waals surface area contributed by atoms with Gasteiger partial charge in [0.2, 0.25) is 0 Å². The van der Waals surface area contributed by atoms with Crippen LogP contribution >= 0.6 is 11.6 Å². The molecule has 96 valence electrons. The molecule has 0 aromatic heterocycles. The first-order valence-electron chi connectivity index (χ1n) is 5.25. The number of alkyl halides is 4. The molecule has 1 aliphatic carbocycles. The Labute approximate surface area is 107 Å². The molecule has 2 atom stereocenters. The molecule has 0 bridgehead atoms. The van der Waals surface area contributed by atoms with Crippen molar-refractivity contribution in [3.05, 3.63) is 54.1 Å². The SMILES string of the molecule is OC1(Cl)C=CC(c2ccccc2)=CC1C(F)(F)F. The van der Waals surface area contributed by atoms with E-state index in [0.717, 1.165) is 12.2 Å². The van der Waals surface area contributed by atoms with Gasteiger partial charge in [-0.05, 0) is 17.2 Å². The van der Waals surface area contributed by atoms with Gasteiger partial charge in [-0.1, -0.05) is 54.1 Å². The van der Waals surface area contributed by atoms with Crippen LogP contribution in [0.4, 0.5) is 13.2 Å². The summed E-state index contributed by atoms with van der Waals surface area (Å²) < 4.78 is 38.4. The fraction of sp³-hybridized carbons (Fsp3) is 0.231. The molecule has 0 saturated heterocycles. The van der Waals surface area contributed by atoms with Crippen LogP contribution in [0.15, 0.2) is 48.6 Å². The number of aliphatic hydroxyl groups is 1. The van der Waals surface area contributed by atoms with Crippen LogP contribution < -0.4 is 0 Å². The van der Waals surface area contributed by atoms with Crippen molar-refractivity contribution in [2.75, 3.05) is 0 Å². The molecular formula is C13H10ClF3O. The first-order valence-corrected chi connectivity index (χ1v) is 5.63. The highest BCUT2D eigenvalue weighted by molar-refractivity contribution is 6.24. The van der Waals surface area contributed by atoms with Crippen molar-refractivity contribution in [1.82, 2.24) is 0 Å². The molecule has 0 aliphatic heterocycles. The monoisotopic (exact) mass is 274 g/mol. The maximum absolute atomic E-state index is 12.8. The standard InChI is InChI=1S/C13H10ClF3O/c14-12(18)7-6-10(8-11(12)13(15,16)17)9-4-2-1-3-5-9/h1-8,11,18H. The number of benzene rings is 1. The highest BCUT2D eigenvalue weighted by Gasteiger charge is 2.51. The van der Waals surface area contributed by atoms with Crippen molar-refractivity contribution in [1.29, 1.82) is 0 Å². The first-order chi connectivity index (χ1) is 8.31. The Balaban J connectivity index is 2.41. The van der Waals surface area contributed by atoms with Crippen LogP contribution in [0.3, 0.4) is 0 Å². The second-order valence-electron chi connectivity index (χ2n) is 4.07. The Kier molecular flexibility index (Phi) is 3.25. The molecule has 0 radical (unpaired) electrons. The molecule has 1 N–H and O–H groups in total. The molecule has 2 unspecified atom stereocenters.